The molecule has 0 bridgehead atoms. The summed E-state index contributed by atoms with van der Waals surface area (Å²) in [5, 5.41) is 12.1. The standard InChI is InChI=1S/C26H35N7O/c1-20-17-32(25-16-29-24(14-27)15-30-25)18-21(2)33(20)26(34)28-11-8-22-9-12-31(13-10-22)19-23-6-4-3-5-7-23/h3-7,15-16,20-22H,8-13,17-19H2,1-2H3,(H,28,34). The lowest BCUT2D eigenvalue weighted by molar-refractivity contribution is 0.139. The first-order chi connectivity index (χ1) is 16.5. The van der Waals surface area contributed by atoms with E-state index in [9.17, 15) is 4.79 Å². The van der Waals surface area contributed by atoms with Crippen molar-refractivity contribution in [1.82, 2.24) is 25.1 Å². The Kier molecular flexibility index (Phi) is 7.96. The molecule has 0 saturated carbocycles. The lowest BCUT2D eigenvalue weighted by atomic mass is 9.93. The van der Waals surface area contributed by atoms with Gasteiger partial charge in [-0.05, 0) is 57.7 Å². The number of anilines is 1. The van der Waals surface area contributed by atoms with Gasteiger partial charge in [-0.15, -0.1) is 0 Å². The Bertz CT molecular complexity index is 955. The average Bonchev–Trinajstić information content (AvgIpc) is 2.85. The summed E-state index contributed by atoms with van der Waals surface area (Å²) < 4.78 is 0. The highest BCUT2D eigenvalue weighted by Crippen LogP contribution is 2.23. The first-order valence-electron chi connectivity index (χ1n) is 12.3. The summed E-state index contributed by atoms with van der Waals surface area (Å²) in [5.74, 6) is 1.42. The van der Waals surface area contributed by atoms with Crippen molar-refractivity contribution in [3.05, 3.63) is 54.0 Å². The van der Waals surface area contributed by atoms with E-state index >= 15 is 0 Å². The van der Waals surface area contributed by atoms with Crippen LogP contribution in [0.4, 0.5) is 10.6 Å². The fourth-order valence-electron chi connectivity index (χ4n) is 5.20. The van der Waals surface area contributed by atoms with Gasteiger partial charge in [-0.25, -0.2) is 14.8 Å². The van der Waals surface area contributed by atoms with E-state index in [1.165, 1.54) is 24.6 Å². The van der Waals surface area contributed by atoms with Crippen LogP contribution < -0.4 is 10.2 Å². The van der Waals surface area contributed by atoms with Crippen molar-refractivity contribution >= 4 is 11.8 Å². The van der Waals surface area contributed by atoms with Crippen molar-refractivity contribution in [2.45, 2.75) is 51.7 Å². The molecule has 8 heteroatoms. The van der Waals surface area contributed by atoms with Gasteiger partial charge in [0.25, 0.3) is 0 Å². The van der Waals surface area contributed by atoms with Crippen LogP contribution in [-0.4, -0.2) is 70.6 Å². The molecule has 2 fully saturated rings. The third-order valence-corrected chi connectivity index (χ3v) is 7.02. The third-order valence-electron chi connectivity index (χ3n) is 7.02. The fraction of sp³-hybridized carbons (Fsp3) is 0.538. The Hall–Kier alpha value is -3.18. The number of carbonyl (C=O) groups excluding carboxylic acids is 1. The van der Waals surface area contributed by atoms with Crippen LogP contribution in [0.25, 0.3) is 0 Å². The van der Waals surface area contributed by atoms with Crippen LogP contribution in [0.5, 0.6) is 0 Å². The van der Waals surface area contributed by atoms with Gasteiger partial charge in [0.1, 0.15) is 11.9 Å². The Morgan fingerprint density at radius 1 is 1.09 bits per heavy atom. The maximum Gasteiger partial charge on any atom is 0.318 e. The van der Waals surface area contributed by atoms with Crippen LogP contribution in [0, 0.1) is 17.2 Å². The molecule has 1 aromatic heterocycles. The number of nitrogens with one attached hydrogen (secondary N) is 1. The largest absolute Gasteiger partial charge is 0.351 e. The van der Waals surface area contributed by atoms with Crippen molar-refractivity contribution in [2.75, 3.05) is 37.6 Å². The number of amides is 2. The smallest absolute Gasteiger partial charge is 0.318 e. The number of nitriles is 1. The maximum atomic E-state index is 13.0. The summed E-state index contributed by atoms with van der Waals surface area (Å²) in [5.41, 5.74) is 1.69. The van der Waals surface area contributed by atoms with Crippen LogP contribution in [0.3, 0.4) is 0 Å². The highest BCUT2D eigenvalue weighted by atomic mass is 16.2. The van der Waals surface area contributed by atoms with Gasteiger partial charge in [0, 0.05) is 38.3 Å². The summed E-state index contributed by atoms with van der Waals surface area (Å²) in [6.07, 6.45) is 6.56. The van der Waals surface area contributed by atoms with Gasteiger partial charge >= 0.3 is 6.03 Å². The number of benzene rings is 1. The second kappa shape index (κ2) is 11.3. The number of hydrogen-bond donors (Lipinski definition) is 1. The molecule has 2 amide bonds. The van der Waals surface area contributed by atoms with Crippen molar-refractivity contribution in [2.24, 2.45) is 5.92 Å². The molecule has 3 heterocycles. The van der Waals surface area contributed by atoms with Gasteiger partial charge < -0.3 is 15.1 Å². The molecule has 0 spiro atoms. The van der Waals surface area contributed by atoms with Crippen LogP contribution >= 0.6 is 0 Å². The van der Waals surface area contributed by atoms with Crippen LogP contribution in [0.2, 0.25) is 0 Å². The first kappa shape index (κ1) is 24.0. The Morgan fingerprint density at radius 2 is 1.79 bits per heavy atom. The molecule has 1 aromatic carbocycles. The number of piperidine rings is 1. The van der Waals surface area contributed by atoms with Crippen molar-refractivity contribution in [1.29, 1.82) is 5.26 Å². The first-order valence-corrected chi connectivity index (χ1v) is 12.3. The number of likely N-dealkylation sites (tertiary alicyclic amines) is 1. The van der Waals surface area contributed by atoms with Crippen LogP contribution in [0.1, 0.15) is 44.4 Å². The normalized spacial score (nSPS) is 21.8. The number of hydrogen-bond acceptors (Lipinski definition) is 6. The molecule has 4 rings (SSSR count). The number of rotatable bonds is 6. The molecular formula is C26H35N7O. The van der Waals surface area contributed by atoms with Gasteiger partial charge in [-0.3, -0.25) is 4.90 Å². The van der Waals surface area contributed by atoms with Gasteiger partial charge in [-0.1, -0.05) is 30.3 Å². The molecular weight excluding hydrogens is 426 g/mol. The zero-order chi connectivity index (χ0) is 23.9. The zero-order valence-electron chi connectivity index (χ0n) is 20.2. The van der Waals surface area contributed by atoms with Crippen LogP contribution in [0.15, 0.2) is 42.7 Å². The second-order valence-corrected chi connectivity index (χ2v) is 9.61. The van der Waals surface area contributed by atoms with Gasteiger partial charge in [0.2, 0.25) is 0 Å². The molecule has 180 valence electrons. The summed E-state index contributed by atoms with van der Waals surface area (Å²) in [4.78, 5) is 28.1. The molecule has 1 N–H and O–H groups in total. The molecule has 2 aliphatic rings. The van der Waals surface area contributed by atoms with E-state index in [1.807, 2.05) is 11.0 Å². The summed E-state index contributed by atoms with van der Waals surface area (Å²) in [6, 6.07) is 12.8. The number of urea groups is 1. The zero-order valence-corrected chi connectivity index (χ0v) is 20.2. The highest BCUT2D eigenvalue weighted by Gasteiger charge is 2.33. The van der Waals surface area contributed by atoms with Crippen LogP contribution in [-0.2, 0) is 6.54 Å². The summed E-state index contributed by atoms with van der Waals surface area (Å²) >= 11 is 0. The van der Waals surface area contributed by atoms with E-state index in [0.717, 1.165) is 38.4 Å². The minimum Gasteiger partial charge on any atom is -0.351 e. The number of piperazine rings is 1. The molecule has 2 atom stereocenters. The van der Waals surface area contributed by atoms with E-state index in [1.54, 1.807) is 6.20 Å². The molecule has 2 aromatic rings. The Morgan fingerprint density at radius 3 is 2.41 bits per heavy atom. The molecule has 0 aliphatic carbocycles. The molecule has 2 aliphatic heterocycles. The predicted molar refractivity (Wildman–Crippen MR) is 132 cm³/mol. The SMILES string of the molecule is CC1CN(c2cnc(C#N)cn2)CC(C)N1C(=O)NCCC1CCN(Cc2ccccc2)CC1. The topological polar surface area (TPSA) is 88.4 Å². The second-order valence-electron chi connectivity index (χ2n) is 9.61. The number of nitrogens with zero attached hydrogens (tertiary/aromatic N) is 6. The number of aromatic nitrogens is 2. The van der Waals surface area contributed by atoms with Gasteiger partial charge in [-0.2, -0.15) is 5.26 Å². The van der Waals surface area contributed by atoms with Gasteiger partial charge in [0.15, 0.2) is 5.69 Å². The lowest BCUT2D eigenvalue weighted by Gasteiger charge is -2.44. The minimum atomic E-state index is 0.0204. The molecule has 34 heavy (non-hydrogen) atoms. The summed E-state index contributed by atoms with van der Waals surface area (Å²) in [6.45, 7) is 9.53. The highest BCUT2D eigenvalue weighted by molar-refractivity contribution is 5.75. The number of carbonyl (C=O) groups is 1. The molecule has 2 unspecified atom stereocenters. The summed E-state index contributed by atoms with van der Waals surface area (Å²) in [7, 11) is 0. The minimum absolute atomic E-state index is 0.0204. The average molecular weight is 462 g/mol. The Labute approximate surface area is 202 Å². The monoisotopic (exact) mass is 461 g/mol. The van der Waals surface area contributed by atoms with E-state index in [0.29, 0.717) is 24.7 Å². The molecule has 0 radical (unpaired) electrons. The van der Waals surface area contributed by atoms with E-state index in [2.05, 4.69) is 69.3 Å². The van der Waals surface area contributed by atoms with Gasteiger partial charge in [0.05, 0.1) is 12.4 Å². The molecule has 2 saturated heterocycles. The fourth-order valence-corrected chi connectivity index (χ4v) is 5.20. The Balaban J connectivity index is 1.19. The van der Waals surface area contributed by atoms with Crippen molar-refractivity contribution < 1.29 is 4.79 Å². The van der Waals surface area contributed by atoms with E-state index in [-0.39, 0.29) is 18.1 Å². The van der Waals surface area contributed by atoms with Crippen molar-refractivity contribution in [3.63, 3.8) is 0 Å². The van der Waals surface area contributed by atoms with E-state index in [4.69, 9.17) is 5.26 Å². The lowest BCUT2D eigenvalue weighted by Crippen LogP contribution is -2.61. The van der Waals surface area contributed by atoms with E-state index < -0.39 is 0 Å². The molecule has 8 nitrogen and oxygen atoms in total. The van der Waals surface area contributed by atoms with Crippen molar-refractivity contribution in [3.8, 4) is 6.07 Å². The predicted octanol–water partition coefficient (Wildman–Crippen LogP) is 3.26. The quantitative estimate of drug-likeness (QED) is 0.710. The maximum absolute atomic E-state index is 13.0. The third kappa shape index (κ3) is 6.03.